The molecule has 2 N–H and O–H groups in total. The molecule has 0 radical (unpaired) electrons. The van der Waals surface area contributed by atoms with Crippen LogP contribution in [0.2, 0.25) is 5.02 Å². The first-order chi connectivity index (χ1) is 13.3. The van der Waals surface area contributed by atoms with Gasteiger partial charge in [0.15, 0.2) is 0 Å². The second-order valence-corrected chi connectivity index (χ2v) is 8.38. The van der Waals surface area contributed by atoms with Gasteiger partial charge in [0.2, 0.25) is 0 Å². The van der Waals surface area contributed by atoms with Crippen molar-refractivity contribution >= 4 is 33.3 Å². The number of rotatable bonds is 7. The Labute approximate surface area is 168 Å². The van der Waals surface area contributed by atoms with E-state index in [0.717, 1.165) is 11.1 Å². The first-order valence-electron chi connectivity index (χ1n) is 8.53. The lowest BCUT2D eigenvalue weighted by Crippen LogP contribution is -2.13. The standard InChI is InChI=1S/C21H18ClNO4S/c22-18-9-11-20(12-10-18)28(26,27)23-19-6-2-4-16(14-19)8-7-15-3-1-5-17(13-15)21(24)25/h1-6,9-14,23H,7-8H2,(H,24,25). The molecule has 3 rings (SSSR count). The van der Waals surface area contributed by atoms with Gasteiger partial charge in [-0.2, -0.15) is 0 Å². The van der Waals surface area contributed by atoms with Gasteiger partial charge in [0, 0.05) is 10.7 Å². The number of hydrogen-bond acceptors (Lipinski definition) is 3. The molecule has 0 atom stereocenters. The zero-order valence-electron chi connectivity index (χ0n) is 14.8. The Morgan fingerprint density at radius 3 is 2.14 bits per heavy atom. The monoisotopic (exact) mass is 415 g/mol. The molecule has 144 valence electrons. The molecule has 0 fully saturated rings. The van der Waals surface area contributed by atoms with Crippen LogP contribution in [0.4, 0.5) is 5.69 Å². The Kier molecular flexibility index (Phi) is 6.02. The molecule has 28 heavy (non-hydrogen) atoms. The van der Waals surface area contributed by atoms with Crippen LogP contribution in [0.5, 0.6) is 0 Å². The molecule has 0 saturated carbocycles. The number of nitrogens with one attached hydrogen (secondary N) is 1. The van der Waals surface area contributed by atoms with E-state index < -0.39 is 16.0 Å². The Hall–Kier alpha value is -2.83. The van der Waals surface area contributed by atoms with Crippen LogP contribution in [0.25, 0.3) is 0 Å². The third-order valence-electron chi connectivity index (χ3n) is 4.18. The van der Waals surface area contributed by atoms with E-state index in [1.807, 2.05) is 12.1 Å². The maximum absolute atomic E-state index is 12.5. The minimum atomic E-state index is -3.70. The molecular weight excluding hydrogens is 398 g/mol. The summed E-state index contributed by atoms with van der Waals surface area (Å²) in [6.45, 7) is 0. The molecule has 0 aromatic heterocycles. The van der Waals surface area contributed by atoms with Crippen LogP contribution in [0.3, 0.4) is 0 Å². The number of aryl methyl sites for hydroxylation is 2. The van der Waals surface area contributed by atoms with Gasteiger partial charge in [-0.25, -0.2) is 13.2 Å². The molecule has 0 amide bonds. The average Bonchev–Trinajstić information content (AvgIpc) is 2.67. The molecule has 0 aliphatic heterocycles. The first-order valence-corrected chi connectivity index (χ1v) is 10.4. The molecule has 0 aliphatic carbocycles. The summed E-state index contributed by atoms with van der Waals surface area (Å²) in [6, 6.07) is 19.9. The van der Waals surface area contributed by atoms with Crippen molar-refractivity contribution in [2.75, 3.05) is 4.72 Å². The molecule has 3 aromatic carbocycles. The molecule has 0 spiro atoms. The van der Waals surface area contributed by atoms with E-state index in [2.05, 4.69) is 4.72 Å². The summed E-state index contributed by atoms with van der Waals surface area (Å²) in [5.41, 5.74) is 2.57. The number of hydrogen-bond donors (Lipinski definition) is 2. The Bertz CT molecular complexity index is 1100. The van der Waals surface area contributed by atoms with Crippen LogP contribution < -0.4 is 4.72 Å². The summed E-state index contributed by atoms with van der Waals surface area (Å²) in [5, 5.41) is 9.54. The topological polar surface area (TPSA) is 83.5 Å². The average molecular weight is 416 g/mol. The number of carbonyl (C=O) groups is 1. The highest BCUT2D eigenvalue weighted by molar-refractivity contribution is 7.92. The van der Waals surface area contributed by atoms with Gasteiger partial charge < -0.3 is 5.11 Å². The normalized spacial score (nSPS) is 11.2. The molecule has 0 saturated heterocycles. The molecule has 5 nitrogen and oxygen atoms in total. The number of carboxylic acids is 1. The van der Waals surface area contributed by atoms with Gasteiger partial charge in [-0.3, -0.25) is 4.72 Å². The predicted octanol–water partition coefficient (Wildman–Crippen LogP) is 4.62. The fourth-order valence-electron chi connectivity index (χ4n) is 2.77. The molecule has 0 unspecified atom stereocenters. The highest BCUT2D eigenvalue weighted by Gasteiger charge is 2.14. The highest BCUT2D eigenvalue weighted by atomic mass is 35.5. The van der Waals surface area contributed by atoms with Crippen LogP contribution in [-0.2, 0) is 22.9 Å². The van der Waals surface area contributed by atoms with E-state index in [0.29, 0.717) is 23.6 Å². The fourth-order valence-corrected chi connectivity index (χ4v) is 3.94. The third-order valence-corrected chi connectivity index (χ3v) is 5.83. The van der Waals surface area contributed by atoms with Gasteiger partial charge in [0.1, 0.15) is 0 Å². The minimum Gasteiger partial charge on any atom is -0.478 e. The molecular formula is C21H18ClNO4S. The lowest BCUT2D eigenvalue weighted by atomic mass is 10.0. The summed E-state index contributed by atoms with van der Waals surface area (Å²) >= 11 is 5.81. The Morgan fingerprint density at radius 2 is 1.50 bits per heavy atom. The summed E-state index contributed by atoms with van der Waals surface area (Å²) in [4.78, 5) is 11.2. The van der Waals surface area contributed by atoms with E-state index in [1.54, 1.807) is 36.4 Å². The predicted molar refractivity (Wildman–Crippen MR) is 110 cm³/mol. The second kappa shape index (κ2) is 8.46. The second-order valence-electron chi connectivity index (χ2n) is 6.27. The van der Waals surface area contributed by atoms with Crippen LogP contribution in [0, 0.1) is 0 Å². The van der Waals surface area contributed by atoms with Crippen LogP contribution >= 0.6 is 11.6 Å². The summed E-state index contributed by atoms with van der Waals surface area (Å²) < 4.78 is 27.6. The fraction of sp³-hybridized carbons (Fsp3) is 0.0952. The quantitative estimate of drug-likeness (QED) is 0.589. The SMILES string of the molecule is O=C(O)c1cccc(CCc2cccc(NS(=O)(=O)c3ccc(Cl)cc3)c2)c1. The summed E-state index contributed by atoms with van der Waals surface area (Å²) in [6.07, 6.45) is 1.30. The molecule has 3 aromatic rings. The molecule has 0 bridgehead atoms. The summed E-state index contributed by atoms with van der Waals surface area (Å²) in [5.74, 6) is -0.958. The molecule has 0 aliphatic rings. The van der Waals surface area contributed by atoms with Crippen LogP contribution in [0.15, 0.2) is 77.7 Å². The lowest BCUT2D eigenvalue weighted by Gasteiger charge is -2.10. The number of carboxylic acid groups (broad SMARTS) is 1. The van der Waals surface area contributed by atoms with E-state index in [1.165, 1.54) is 24.3 Å². The van der Waals surface area contributed by atoms with Crippen molar-refractivity contribution in [1.82, 2.24) is 0 Å². The number of benzene rings is 3. The first kappa shape index (κ1) is 19.9. The van der Waals surface area contributed by atoms with Crippen molar-refractivity contribution < 1.29 is 18.3 Å². The maximum atomic E-state index is 12.5. The Morgan fingerprint density at radius 1 is 0.893 bits per heavy atom. The number of halogens is 1. The minimum absolute atomic E-state index is 0.132. The zero-order valence-corrected chi connectivity index (χ0v) is 16.4. The van der Waals surface area contributed by atoms with Crippen molar-refractivity contribution in [3.8, 4) is 0 Å². The van der Waals surface area contributed by atoms with Gasteiger partial charge in [0.25, 0.3) is 10.0 Å². The van der Waals surface area contributed by atoms with E-state index in [9.17, 15) is 13.2 Å². The number of anilines is 1. The van der Waals surface area contributed by atoms with Gasteiger partial charge in [-0.1, -0.05) is 35.9 Å². The van der Waals surface area contributed by atoms with Crippen LogP contribution in [0.1, 0.15) is 21.5 Å². The molecule has 7 heteroatoms. The Balaban J connectivity index is 1.71. The van der Waals surface area contributed by atoms with E-state index >= 15 is 0 Å². The van der Waals surface area contributed by atoms with Gasteiger partial charge >= 0.3 is 5.97 Å². The van der Waals surface area contributed by atoms with Crippen molar-refractivity contribution in [3.63, 3.8) is 0 Å². The van der Waals surface area contributed by atoms with Gasteiger partial charge in [0.05, 0.1) is 10.5 Å². The number of sulfonamides is 1. The smallest absolute Gasteiger partial charge is 0.335 e. The highest BCUT2D eigenvalue weighted by Crippen LogP contribution is 2.20. The van der Waals surface area contributed by atoms with Gasteiger partial charge in [-0.15, -0.1) is 0 Å². The largest absolute Gasteiger partial charge is 0.478 e. The maximum Gasteiger partial charge on any atom is 0.335 e. The van der Waals surface area contributed by atoms with Crippen molar-refractivity contribution in [2.24, 2.45) is 0 Å². The van der Waals surface area contributed by atoms with Crippen molar-refractivity contribution in [3.05, 3.63) is 94.5 Å². The van der Waals surface area contributed by atoms with Crippen LogP contribution in [-0.4, -0.2) is 19.5 Å². The van der Waals surface area contributed by atoms with Crippen molar-refractivity contribution in [1.29, 1.82) is 0 Å². The summed E-state index contributed by atoms with van der Waals surface area (Å²) in [7, 11) is -3.70. The zero-order chi connectivity index (χ0) is 20.1. The lowest BCUT2D eigenvalue weighted by molar-refractivity contribution is 0.0696. The molecule has 0 heterocycles. The van der Waals surface area contributed by atoms with E-state index in [-0.39, 0.29) is 10.5 Å². The van der Waals surface area contributed by atoms with E-state index in [4.69, 9.17) is 16.7 Å². The third kappa shape index (κ3) is 5.12. The number of aromatic carboxylic acids is 1. The van der Waals surface area contributed by atoms with Gasteiger partial charge in [-0.05, 0) is 72.5 Å². The van der Waals surface area contributed by atoms with Crippen molar-refractivity contribution in [2.45, 2.75) is 17.7 Å².